The Balaban J connectivity index is 1.70. The molecule has 0 atom stereocenters. The average Bonchev–Trinajstić information content (AvgIpc) is 2.83. The summed E-state index contributed by atoms with van der Waals surface area (Å²) in [6, 6.07) is 24.9. The van der Waals surface area contributed by atoms with Gasteiger partial charge in [0.25, 0.3) is 11.8 Å². The van der Waals surface area contributed by atoms with E-state index in [9.17, 15) is 14.9 Å². The van der Waals surface area contributed by atoms with Crippen LogP contribution in [0.1, 0.15) is 12.5 Å². The first kappa shape index (κ1) is 23.1. The summed E-state index contributed by atoms with van der Waals surface area (Å²) in [5.41, 5.74) is 1.79. The van der Waals surface area contributed by atoms with E-state index in [0.717, 1.165) is 0 Å². The molecule has 7 nitrogen and oxygen atoms in total. The highest BCUT2D eigenvalue weighted by Crippen LogP contribution is 2.29. The zero-order valence-corrected chi connectivity index (χ0v) is 18.1. The molecule has 0 aliphatic rings. The van der Waals surface area contributed by atoms with Gasteiger partial charge in [0.1, 0.15) is 11.6 Å². The molecule has 0 aliphatic heterocycles. The van der Waals surface area contributed by atoms with Crippen LogP contribution in [0.15, 0.2) is 84.4 Å². The van der Waals surface area contributed by atoms with Crippen molar-refractivity contribution in [1.82, 2.24) is 0 Å². The van der Waals surface area contributed by atoms with Gasteiger partial charge in [-0.3, -0.25) is 9.59 Å². The van der Waals surface area contributed by atoms with Crippen molar-refractivity contribution in [2.45, 2.75) is 6.92 Å². The maximum Gasteiger partial charge on any atom is 0.266 e. The first-order valence-corrected chi connectivity index (χ1v) is 10.3. The topological polar surface area (TPSA) is 100 Å². The Morgan fingerprint density at radius 2 is 1.52 bits per heavy atom. The van der Waals surface area contributed by atoms with E-state index >= 15 is 0 Å². The van der Waals surface area contributed by atoms with Crippen LogP contribution < -0.4 is 20.1 Å². The fourth-order valence-electron chi connectivity index (χ4n) is 2.90. The fourth-order valence-corrected chi connectivity index (χ4v) is 2.90. The van der Waals surface area contributed by atoms with Crippen molar-refractivity contribution < 1.29 is 19.1 Å². The fraction of sp³-hybridized carbons (Fsp3) is 0.115. The van der Waals surface area contributed by atoms with Gasteiger partial charge in [-0.15, -0.1) is 0 Å². The summed E-state index contributed by atoms with van der Waals surface area (Å²) in [6.07, 6.45) is 1.46. The van der Waals surface area contributed by atoms with E-state index in [2.05, 4.69) is 10.6 Å². The Morgan fingerprint density at radius 3 is 2.12 bits per heavy atom. The number of benzene rings is 3. The van der Waals surface area contributed by atoms with Crippen LogP contribution in [-0.4, -0.2) is 25.0 Å². The third-order valence-corrected chi connectivity index (χ3v) is 4.39. The molecule has 0 aliphatic carbocycles. The van der Waals surface area contributed by atoms with Gasteiger partial charge in [0.05, 0.1) is 6.61 Å². The monoisotopic (exact) mass is 441 g/mol. The van der Waals surface area contributed by atoms with E-state index < -0.39 is 5.91 Å². The van der Waals surface area contributed by atoms with Crippen LogP contribution in [0.2, 0.25) is 0 Å². The number of ether oxygens (including phenoxy) is 2. The van der Waals surface area contributed by atoms with Crippen LogP contribution in [0.5, 0.6) is 11.5 Å². The molecule has 0 radical (unpaired) electrons. The lowest BCUT2D eigenvalue weighted by atomic mass is 10.1. The smallest absolute Gasteiger partial charge is 0.266 e. The summed E-state index contributed by atoms with van der Waals surface area (Å²) in [6.45, 7) is 1.99. The number of hydrogen-bond acceptors (Lipinski definition) is 5. The van der Waals surface area contributed by atoms with Crippen molar-refractivity contribution in [2.75, 3.05) is 23.8 Å². The van der Waals surface area contributed by atoms with Crippen LogP contribution in [0.4, 0.5) is 11.4 Å². The van der Waals surface area contributed by atoms with E-state index in [4.69, 9.17) is 9.47 Å². The van der Waals surface area contributed by atoms with Gasteiger partial charge >= 0.3 is 0 Å². The highest BCUT2D eigenvalue weighted by atomic mass is 16.5. The molecule has 3 aromatic rings. The summed E-state index contributed by atoms with van der Waals surface area (Å²) >= 11 is 0. The third kappa shape index (κ3) is 6.97. The zero-order valence-electron chi connectivity index (χ0n) is 18.1. The molecule has 0 aromatic heterocycles. The van der Waals surface area contributed by atoms with Gasteiger partial charge in [-0.1, -0.05) is 42.5 Å². The van der Waals surface area contributed by atoms with Crippen LogP contribution in [0.25, 0.3) is 6.08 Å². The second kappa shape index (κ2) is 11.7. The summed E-state index contributed by atoms with van der Waals surface area (Å²) in [4.78, 5) is 24.6. The quantitative estimate of drug-likeness (QED) is 0.372. The lowest BCUT2D eigenvalue weighted by Gasteiger charge is -2.13. The molecule has 2 amide bonds. The molecule has 0 fully saturated rings. The van der Waals surface area contributed by atoms with Crippen molar-refractivity contribution in [3.63, 3.8) is 0 Å². The predicted molar refractivity (Wildman–Crippen MR) is 127 cm³/mol. The number of carbonyl (C=O) groups is 2. The maximum absolute atomic E-state index is 12.5. The molecule has 3 rings (SSSR count). The summed E-state index contributed by atoms with van der Waals surface area (Å²) in [5, 5.41) is 14.9. The standard InChI is InChI=1S/C26H23N3O4/c1-2-32-24-16-19(15-20(17-27)26(31)29-22-11-7-4-8-12-22)13-14-23(24)33-18-25(30)28-21-9-5-3-6-10-21/h3-16H,2,18H2,1H3,(H,28,30)(H,29,31)/b20-15+. The first-order chi connectivity index (χ1) is 16.1. The Hall–Kier alpha value is -4.57. The van der Waals surface area contributed by atoms with Gasteiger partial charge in [-0.25, -0.2) is 0 Å². The lowest BCUT2D eigenvalue weighted by Crippen LogP contribution is -2.20. The zero-order chi connectivity index (χ0) is 23.5. The minimum absolute atomic E-state index is 0.0581. The minimum Gasteiger partial charge on any atom is -0.490 e. The van der Waals surface area contributed by atoms with Gasteiger partial charge in [0.15, 0.2) is 18.1 Å². The largest absolute Gasteiger partial charge is 0.490 e. The van der Waals surface area contributed by atoms with Gasteiger partial charge in [-0.05, 0) is 55.0 Å². The molecule has 0 heterocycles. The molecule has 33 heavy (non-hydrogen) atoms. The van der Waals surface area contributed by atoms with Crippen molar-refractivity contribution in [1.29, 1.82) is 5.26 Å². The predicted octanol–water partition coefficient (Wildman–Crippen LogP) is 4.65. The minimum atomic E-state index is -0.514. The highest BCUT2D eigenvalue weighted by Gasteiger charge is 2.12. The number of nitrogens with one attached hydrogen (secondary N) is 2. The SMILES string of the molecule is CCOc1cc(/C=C(\C#N)C(=O)Nc2ccccc2)ccc1OCC(=O)Nc1ccccc1. The molecule has 0 spiro atoms. The van der Waals surface area contributed by atoms with E-state index in [-0.39, 0.29) is 18.1 Å². The average molecular weight is 441 g/mol. The summed E-state index contributed by atoms with van der Waals surface area (Å²) < 4.78 is 11.3. The number of amides is 2. The Kier molecular flexibility index (Phi) is 8.21. The molecule has 0 saturated carbocycles. The molecule has 7 heteroatoms. The molecule has 166 valence electrons. The third-order valence-electron chi connectivity index (χ3n) is 4.39. The molecular formula is C26H23N3O4. The van der Waals surface area contributed by atoms with Crippen molar-refractivity contribution in [3.8, 4) is 17.6 Å². The lowest BCUT2D eigenvalue weighted by molar-refractivity contribution is -0.118. The van der Waals surface area contributed by atoms with Crippen LogP contribution in [0.3, 0.4) is 0 Å². The Labute approximate surface area is 192 Å². The van der Waals surface area contributed by atoms with Gasteiger partial charge in [-0.2, -0.15) is 5.26 Å². The van der Waals surface area contributed by atoms with Crippen LogP contribution >= 0.6 is 0 Å². The summed E-state index contributed by atoms with van der Waals surface area (Å²) in [7, 11) is 0. The van der Waals surface area contributed by atoms with Gasteiger partial charge in [0, 0.05) is 11.4 Å². The number of rotatable bonds is 9. The van der Waals surface area contributed by atoms with Crippen molar-refractivity contribution >= 4 is 29.3 Å². The van der Waals surface area contributed by atoms with Crippen molar-refractivity contribution in [2.24, 2.45) is 0 Å². The summed E-state index contributed by atoms with van der Waals surface area (Å²) in [5.74, 6) is -0.0412. The molecular weight excluding hydrogens is 418 g/mol. The van der Waals surface area contributed by atoms with Gasteiger partial charge < -0.3 is 20.1 Å². The van der Waals surface area contributed by atoms with E-state index in [1.165, 1.54) is 6.08 Å². The highest BCUT2D eigenvalue weighted by molar-refractivity contribution is 6.09. The number of para-hydroxylation sites is 2. The number of nitrogens with zero attached hydrogens (tertiary/aromatic N) is 1. The Bertz CT molecular complexity index is 1170. The molecule has 0 saturated heterocycles. The Morgan fingerprint density at radius 1 is 0.879 bits per heavy atom. The molecule has 3 aromatic carbocycles. The molecule has 2 N–H and O–H groups in total. The normalized spacial score (nSPS) is 10.6. The number of carbonyl (C=O) groups excluding carboxylic acids is 2. The number of nitriles is 1. The number of anilines is 2. The van der Waals surface area contributed by atoms with Crippen LogP contribution in [-0.2, 0) is 9.59 Å². The van der Waals surface area contributed by atoms with Gasteiger partial charge in [0.2, 0.25) is 0 Å². The second-order valence-electron chi connectivity index (χ2n) is 6.83. The first-order valence-electron chi connectivity index (χ1n) is 10.3. The van der Waals surface area contributed by atoms with Crippen molar-refractivity contribution in [3.05, 3.63) is 90.0 Å². The molecule has 0 unspecified atom stereocenters. The van der Waals surface area contributed by atoms with E-state index in [1.54, 1.807) is 54.6 Å². The second-order valence-corrected chi connectivity index (χ2v) is 6.83. The molecule has 0 bridgehead atoms. The van der Waals surface area contributed by atoms with Crippen LogP contribution in [0, 0.1) is 11.3 Å². The van der Waals surface area contributed by atoms with E-state index in [1.807, 2.05) is 37.3 Å². The number of hydrogen-bond donors (Lipinski definition) is 2. The maximum atomic E-state index is 12.5. The van der Waals surface area contributed by atoms with E-state index in [0.29, 0.717) is 35.0 Å².